The zero-order valence-corrected chi connectivity index (χ0v) is 11.1. The minimum atomic E-state index is -0.327. The van der Waals surface area contributed by atoms with Gasteiger partial charge in [0.15, 0.2) is 5.17 Å². The van der Waals surface area contributed by atoms with E-state index in [1.807, 2.05) is 0 Å². The third kappa shape index (κ3) is 3.70. The van der Waals surface area contributed by atoms with Gasteiger partial charge in [-0.1, -0.05) is 18.7 Å². The Morgan fingerprint density at radius 3 is 2.94 bits per heavy atom. The smallest absolute Gasteiger partial charge is 0.328 e. The molecule has 0 aromatic rings. The Morgan fingerprint density at radius 2 is 2.38 bits per heavy atom. The van der Waals surface area contributed by atoms with Gasteiger partial charge in [0.1, 0.15) is 6.04 Å². The lowest BCUT2D eigenvalue weighted by Crippen LogP contribution is -2.40. The van der Waals surface area contributed by atoms with Crippen LogP contribution in [-0.4, -0.2) is 35.6 Å². The molecule has 1 aliphatic rings. The maximum absolute atomic E-state index is 11.4. The molecule has 0 aliphatic carbocycles. The van der Waals surface area contributed by atoms with E-state index in [9.17, 15) is 4.79 Å². The first-order valence-electron chi connectivity index (χ1n) is 5.68. The van der Waals surface area contributed by atoms with Crippen molar-refractivity contribution >= 4 is 22.9 Å². The highest BCUT2D eigenvalue weighted by Crippen LogP contribution is 2.21. The van der Waals surface area contributed by atoms with E-state index in [-0.39, 0.29) is 12.0 Å². The molecule has 0 saturated carbocycles. The van der Waals surface area contributed by atoms with E-state index in [1.165, 1.54) is 0 Å². The Bertz CT molecular complexity index is 281. The molecule has 0 aromatic heterocycles. The summed E-state index contributed by atoms with van der Waals surface area (Å²) in [7, 11) is 0. The van der Waals surface area contributed by atoms with Crippen LogP contribution in [0.15, 0.2) is 4.99 Å². The molecule has 0 fully saturated rings. The standard InChI is InChI=1S/C11H20N2O2S/c1-5-15-10(14)9(4)13-11-12-8(3)7(2)6-16-11/h7-9H,5-6H2,1-4H3,(H,12,13). The molecule has 0 saturated heterocycles. The molecule has 1 rings (SSSR count). The molecular formula is C11H20N2O2S. The lowest BCUT2D eigenvalue weighted by atomic mass is 10.1. The molecule has 5 heteroatoms. The van der Waals surface area contributed by atoms with Gasteiger partial charge in [-0.05, 0) is 26.7 Å². The fraction of sp³-hybridized carbons (Fsp3) is 0.818. The Morgan fingerprint density at radius 1 is 1.69 bits per heavy atom. The van der Waals surface area contributed by atoms with E-state index in [4.69, 9.17) is 4.74 Å². The topological polar surface area (TPSA) is 50.7 Å². The molecule has 16 heavy (non-hydrogen) atoms. The number of carbonyl (C=O) groups is 1. The predicted octanol–water partition coefficient (Wildman–Crippen LogP) is 1.66. The Balaban J connectivity index is 2.48. The summed E-state index contributed by atoms with van der Waals surface area (Å²) in [5, 5.41) is 3.95. The second kappa shape index (κ2) is 6.13. The summed E-state index contributed by atoms with van der Waals surface area (Å²) in [5.74, 6) is 1.41. The molecule has 1 aliphatic heterocycles. The van der Waals surface area contributed by atoms with Crippen LogP contribution >= 0.6 is 11.8 Å². The van der Waals surface area contributed by atoms with Gasteiger partial charge in [0.05, 0.1) is 12.6 Å². The molecule has 0 bridgehead atoms. The molecule has 1 heterocycles. The second-order valence-electron chi connectivity index (χ2n) is 4.08. The quantitative estimate of drug-likeness (QED) is 0.767. The number of carbonyl (C=O) groups excluding carboxylic acids is 1. The van der Waals surface area contributed by atoms with Crippen molar-refractivity contribution in [2.75, 3.05) is 12.4 Å². The third-order valence-electron chi connectivity index (χ3n) is 2.61. The van der Waals surface area contributed by atoms with Crippen molar-refractivity contribution in [3.8, 4) is 0 Å². The highest BCUT2D eigenvalue weighted by molar-refractivity contribution is 8.13. The van der Waals surface area contributed by atoms with Gasteiger partial charge in [0.25, 0.3) is 0 Å². The summed E-state index contributed by atoms with van der Waals surface area (Å²) >= 11 is 1.67. The summed E-state index contributed by atoms with van der Waals surface area (Å²) in [6.45, 7) is 8.30. The van der Waals surface area contributed by atoms with E-state index in [0.717, 1.165) is 10.9 Å². The van der Waals surface area contributed by atoms with Crippen LogP contribution in [0.25, 0.3) is 0 Å². The minimum Gasteiger partial charge on any atom is -0.464 e. The fourth-order valence-corrected chi connectivity index (χ4v) is 2.49. The number of amidine groups is 1. The van der Waals surface area contributed by atoms with Crippen molar-refractivity contribution in [2.45, 2.75) is 39.8 Å². The summed E-state index contributed by atoms with van der Waals surface area (Å²) in [5.41, 5.74) is 0. The van der Waals surface area contributed by atoms with Gasteiger partial charge in [-0.2, -0.15) is 0 Å². The van der Waals surface area contributed by atoms with Gasteiger partial charge >= 0.3 is 5.97 Å². The van der Waals surface area contributed by atoms with Gasteiger partial charge in [-0.25, -0.2) is 4.79 Å². The molecule has 0 amide bonds. The van der Waals surface area contributed by atoms with Crippen LogP contribution in [0.4, 0.5) is 0 Å². The summed E-state index contributed by atoms with van der Waals surface area (Å²) in [6.07, 6.45) is 0. The third-order valence-corrected chi connectivity index (χ3v) is 3.80. The molecule has 0 aromatic carbocycles. The molecular weight excluding hydrogens is 224 g/mol. The van der Waals surface area contributed by atoms with Crippen molar-refractivity contribution in [1.29, 1.82) is 0 Å². The number of ether oxygens (including phenoxy) is 1. The monoisotopic (exact) mass is 244 g/mol. The molecule has 0 spiro atoms. The highest BCUT2D eigenvalue weighted by Gasteiger charge is 2.22. The number of hydrogen-bond donors (Lipinski definition) is 1. The Labute approximate surface area is 101 Å². The maximum Gasteiger partial charge on any atom is 0.328 e. The fourth-order valence-electron chi connectivity index (χ4n) is 1.29. The molecule has 1 N–H and O–H groups in total. The Hall–Kier alpha value is -0.710. The van der Waals surface area contributed by atoms with Crippen LogP contribution < -0.4 is 5.32 Å². The van der Waals surface area contributed by atoms with Crippen molar-refractivity contribution in [3.05, 3.63) is 0 Å². The number of hydrogen-bond acceptors (Lipinski definition) is 5. The van der Waals surface area contributed by atoms with Crippen LogP contribution in [0.3, 0.4) is 0 Å². The van der Waals surface area contributed by atoms with E-state index >= 15 is 0 Å². The van der Waals surface area contributed by atoms with Crippen LogP contribution in [0.5, 0.6) is 0 Å². The van der Waals surface area contributed by atoms with Crippen LogP contribution in [0.2, 0.25) is 0 Å². The van der Waals surface area contributed by atoms with E-state index < -0.39 is 0 Å². The molecule has 3 unspecified atom stereocenters. The SMILES string of the molecule is CCOC(=O)C(C)NC1=NC(C)C(C)CS1. The molecule has 3 atom stereocenters. The number of aliphatic imine (C=N–C) groups is 1. The van der Waals surface area contributed by atoms with Gasteiger partial charge < -0.3 is 10.1 Å². The first-order chi connectivity index (χ1) is 7.54. The lowest BCUT2D eigenvalue weighted by molar-refractivity contribution is -0.144. The second-order valence-corrected chi connectivity index (χ2v) is 5.09. The molecule has 0 radical (unpaired) electrons. The average Bonchev–Trinajstić information content (AvgIpc) is 2.24. The zero-order chi connectivity index (χ0) is 12.1. The predicted molar refractivity (Wildman–Crippen MR) is 67.7 cm³/mol. The highest BCUT2D eigenvalue weighted by atomic mass is 32.2. The normalized spacial score (nSPS) is 26.9. The van der Waals surface area contributed by atoms with E-state index in [0.29, 0.717) is 18.6 Å². The zero-order valence-electron chi connectivity index (χ0n) is 10.3. The van der Waals surface area contributed by atoms with Crippen molar-refractivity contribution in [2.24, 2.45) is 10.9 Å². The van der Waals surface area contributed by atoms with Crippen LogP contribution in [0.1, 0.15) is 27.7 Å². The maximum atomic E-state index is 11.4. The molecule has 4 nitrogen and oxygen atoms in total. The summed E-state index contributed by atoms with van der Waals surface area (Å²) in [6, 6.07) is -0.00930. The number of nitrogens with one attached hydrogen (secondary N) is 1. The first kappa shape index (κ1) is 13.4. The number of rotatable bonds is 3. The Kier molecular flexibility index (Phi) is 5.12. The van der Waals surface area contributed by atoms with E-state index in [2.05, 4.69) is 24.2 Å². The molecule has 92 valence electrons. The number of nitrogens with zero attached hydrogens (tertiary/aromatic N) is 1. The van der Waals surface area contributed by atoms with Crippen molar-refractivity contribution in [1.82, 2.24) is 5.32 Å². The van der Waals surface area contributed by atoms with E-state index in [1.54, 1.807) is 25.6 Å². The largest absolute Gasteiger partial charge is 0.464 e. The summed E-state index contributed by atoms with van der Waals surface area (Å²) < 4.78 is 4.93. The van der Waals surface area contributed by atoms with Gasteiger partial charge in [0, 0.05) is 5.75 Å². The number of esters is 1. The minimum absolute atomic E-state index is 0.225. The van der Waals surface area contributed by atoms with Gasteiger partial charge in [-0.15, -0.1) is 0 Å². The van der Waals surface area contributed by atoms with Crippen LogP contribution in [0, 0.1) is 5.92 Å². The summed E-state index contributed by atoms with van der Waals surface area (Å²) in [4.78, 5) is 15.9. The van der Waals surface area contributed by atoms with Gasteiger partial charge in [0.2, 0.25) is 0 Å². The van der Waals surface area contributed by atoms with Crippen molar-refractivity contribution in [3.63, 3.8) is 0 Å². The van der Waals surface area contributed by atoms with Crippen LogP contribution in [-0.2, 0) is 9.53 Å². The average molecular weight is 244 g/mol. The van der Waals surface area contributed by atoms with Crippen molar-refractivity contribution < 1.29 is 9.53 Å². The van der Waals surface area contributed by atoms with Gasteiger partial charge in [-0.3, -0.25) is 4.99 Å². The number of thioether (sulfide) groups is 1. The first-order valence-corrected chi connectivity index (χ1v) is 6.67. The lowest BCUT2D eigenvalue weighted by Gasteiger charge is -2.25.